The molecule has 2 aromatic rings. The number of rotatable bonds is 5. The van der Waals surface area contributed by atoms with E-state index in [1.165, 1.54) is 19.1 Å². The second-order valence-corrected chi connectivity index (χ2v) is 6.68. The lowest BCUT2D eigenvalue weighted by Crippen LogP contribution is -2.49. The normalized spacial score (nSPS) is 13.4. The second-order valence-electron chi connectivity index (χ2n) is 5.84. The molecule has 0 aromatic heterocycles. The molecule has 1 amide bonds. The summed E-state index contributed by atoms with van der Waals surface area (Å²) in [6, 6.07) is 10.1. The van der Waals surface area contributed by atoms with E-state index in [9.17, 15) is 23.2 Å². The van der Waals surface area contributed by atoms with Crippen molar-refractivity contribution in [2.24, 2.45) is 0 Å². The van der Waals surface area contributed by atoms with Crippen LogP contribution in [-0.4, -0.2) is 18.1 Å². The minimum Gasteiger partial charge on any atom is -0.488 e. The number of nitrogens with zero attached hydrogens (tertiary/aromatic N) is 1. The molecule has 0 fully saturated rings. The summed E-state index contributed by atoms with van der Waals surface area (Å²) in [5.74, 6) is -0.483. The smallest absolute Gasteiger partial charge is 0.416 e. The van der Waals surface area contributed by atoms with Gasteiger partial charge >= 0.3 is 6.18 Å². The SMILES string of the molecule is CC(C#N)(COc1cc(Cl)ccc1Cl)NC(=O)c1ccc(C(F)(F)F)cc1. The van der Waals surface area contributed by atoms with Crippen LogP contribution in [0, 0.1) is 11.3 Å². The topological polar surface area (TPSA) is 62.1 Å². The fraction of sp³-hybridized carbons (Fsp3) is 0.222. The molecule has 0 bridgehead atoms. The van der Waals surface area contributed by atoms with Gasteiger partial charge in [-0.2, -0.15) is 18.4 Å². The van der Waals surface area contributed by atoms with Gasteiger partial charge in [-0.1, -0.05) is 23.2 Å². The minimum absolute atomic E-state index is 0.0229. The predicted octanol–water partition coefficient (Wildman–Crippen LogP) is 5.10. The minimum atomic E-state index is -4.50. The van der Waals surface area contributed by atoms with Crippen LogP contribution >= 0.6 is 23.2 Å². The molecular weight excluding hydrogens is 404 g/mol. The van der Waals surface area contributed by atoms with E-state index in [4.69, 9.17) is 27.9 Å². The van der Waals surface area contributed by atoms with E-state index in [1.54, 1.807) is 6.07 Å². The summed E-state index contributed by atoms with van der Waals surface area (Å²) >= 11 is 11.8. The number of ether oxygens (including phenoxy) is 1. The van der Waals surface area contributed by atoms with Crippen molar-refractivity contribution < 1.29 is 22.7 Å². The highest BCUT2D eigenvalue weighted by Gasteiger charge is 2.31. The average Bonchev–Trinajstić information content (AvgIpc) is 2.62. The zero-order valence-corrected chi connectivity index (χ0v) is 15.4. The first kappa shape index (κ1) is 20.9. The van der Waals surface area contributed by atoms with Crippen LogP contribution in [0.25, 0.3) is 0 Å². The van der Waals surface area contributed by atoms with Crippen molar-refractivity contribution in [3.63, 3.8) is 0 Å². The van der Waals surface area contributed by atoms with Gasteiger partial charge in [-0.25, -0.2) is 0 Å². The predicted molar refractivity (Wildman–Crippen MR) is 94.9 cm³/mol. The van der Waals surface area contributed by atoms with Gasteiger partial charge in [0.2, 0.25) is 0 Å². The van der Waals surface area contributed by atoms with Crippen molar-refractivity contribution in [2.75, 3.05) is 6.61 Å². The molecule has 4 nitrogen and oxygen atoms in total. The monoisotopic (exact) mass is 416 g/mol. The van der Waals surface area contributed by atoms with Crippen molar-refractivity contribution in [2.45, 2.75) is 18.6 Å². The molecule has 27 heavy (non-hydrogen) atoms. The van der Waals surface area contributed by atoms with E-state index in [0.717, 1.165) is 24.3 Å². The Balaban J connectivity index is 2.09. The number of halogens is 5. The van der Waals surface area contributed by atoms with Crippen LogP contribution in [-0.2, 0) is 6.18 Å². The summed E-state index contributed by atoms with van der Waals surface area (Å²) in [5.41, 5.74) is -2.35. The van der Waals surface area contributed by atoms with Gasteiger partial charge in [-0.3, -0.25) is 4.79 Å². The molecule has 0 saturated carbocycles. The second kappa shape index (κ2) is 8.07. The van der Waals surface area contributed by atoms with Gasteiger partial charge in [-0.05, 0) is 43.3 Å². The summed E-state index contributed by atoms with van der Waals surface area (Å²) in [6.45, 7) is 1.16. The maximum atomic E-state index is 12.6. The molecule has 2 aromatic carbocycles. The Bertz CT molecular complexity index is 880. The number of hydrogen-bond donors (Lipinski definition) is 1. The number of carbonyl (C=O) groups is 1. The Morgan fingerprint density at radius 1 is 1.19 bits per heavy atom. The number of nitriles is 1. The Morgan fingerprint density at radius 3 is 2.37 bits per heavy atom. The van der Waals surface area contributed by atoms with Crippen molar-refractivity contribution in [3.8, 4) is 11.8 Å². The van der Waals surface area contributed by atoms with Crippen molar-refractivity contribution in [3.05, 3.63) is 63.6 Å². The largest absolute Gasteiger partial charge is 0.488 e. The lowest BCUT2D eigenvalue weighted by molar-refractivity contribution is -0.137. The number of hydrogen-bond acceptors (Lipinski definition) is 3. The summed E-state index contributed by atoms with van der Waals surface area (Å²) < 4.78 is 43.2. The van der Waals surface area contributed by atoms with Crippen LogP contribution < -0.4 is 10.1 Å². The van der Waals surface area contributed by atoms with Gasteiger partial charge in [0.1, 0.15) is 12.4 Å². The Kier molecular flexibility index (Phi) is 6.24. The van der Waals surface area contributed by atoms with Crippen LogP contribution in [0.1, 0.15) is 22.8 Å². The zero-order chi connectivity index (χ0) is 20.2. The molecule has 0 spiro atoms. The van der Waals surface area contributed by atoms with Crippen molar-refractivity contribution >= 4 is 29.1 Å². The van der Waals surface area contributed by atoms with Crippen LogP contribution in [0.5, 0.6) is 5.75 Å². The Hall–Kier alpha value is -2.43. The first-order chi connectivity index (χ1) is 12.5. The Morgan fingerprint density at radius 2 is 1.81 bits per heavy atom. The van der Waals surface area contributed by atoms with Gasteiger partial charge in [-0.15, -0.1) is 0 Å². The Labute approximate surface area is 163 Å². The molecule has 1 atom stereocenters. The third-order valence-corrected chi connectivity index (χ3v) is 4.07. The maximum Gasteiger partial charge on any atom is 0.416 e. The van der Waals surface area contributed by atoms with Gasteiger partial charge in [0.25, 0.3) is 5.91 Å². The highest BCUT2D eigenvalue weighted by Crippen LogP contribution is 2.30. The third kappa shape index (κ3) is 5.52. The maximum absolute atomic E-state index is 12.6. The highest BCUT2D eigenvalue weighted by molar-refractivity contribution is 6.34. The molecule has 2 rings (SSSR count). The standard InChI is InChI=1S/C18H13Cl2F3N2O2/c1-17(9-24,10-27-15-8-13(19)6-7-14(15)20)25-16(26)11-2-4-12(5-3-11)18(21,22)23/h2-8H,10H2,1H3,(H,25,26). The van der Waals surface area contributed by atoms with Crippen LogP contribution in [0.2, 0.25) is 10.0 Å². The molecule has 0 aliphatic carbocycles. The summed E-state index contributed by atoms with van der Waals surface area (Å²) in [5, 5.41) is 12.5. The van der Waals surface area contributed by atoms with Gasteiger partial charge in [0.15, 0.2) is 5.54 Å². The average molecular weight is 417 g/mol. The fourth-order valence-corrected chi connectivity index (χ4v) is 2.37. The molecule has 0 saturated heterocycles. The van der Waals surface area contributed by atoms with E-state index in [-0.39, 0.29) is 22.9 Å². The third-order valence-electron chi connectivity index (χ3n) is 3.52. The van der Waals surface area contributed by atoms with Crippen LogP contribution in [0.4, 0.5) is 13.2 Å². The van der Waals surface area contributed by atoms with E-state index < -0.39 is 23.2 Å². The molecule has 1 unspecified atom stereocenters. The molecule has 142 valence electrons. The lowest BCUT2D eigenvalue weighted by Gasteiger charge is -2.24. The number of amides is 1. The van der Waals surface area contributed by atoms with E-state index in [1.807, 2.05) is 6.07 Å². The van der Waals surface area contributed by atoms with Gasteiger partial charge in [0, 0.05) is 16.7 Å². The molecule has 1 N–H and O–H groups in total. The number of nitrogens with one attached hydrogen (secondary N) is 1. The summed E-state index contributed by atoms with van der Waals surface area (Å²) in [6.07, 6.45) is -4.50. The summed E-state index contributed by atoms with van der Waals surface area (Å²) in [4.78, 5) is 12.3. The molecular formula is C18H13Cl2F3N2O2. The first-order valence-electron chi connectivity index (χ1n) is 7.53. The van der Waals surface area contributed by atoms with Gasteiger partial charge < -0.3 is 10.1 Å². The van der Waals surface area contributed by atoms with Gasteiger partial charge in [0.05, 0.1) is 16.7 Å². The molecule has 0 heterocycles. The molecule has 0 radical (unpaired) electrons. The number of alkyl halides is 3. The van der Waals surface area contributed by atoms with E-state index in [0.29, 0.717) is 5.02 Å². The molecule has 9 heteroatoms. The van der Waals surface area contributed by atoms with E-state index >= 15 is 0 Å². The lowest BCUT2D eigenvalue weighted by atomic mass is 10.0. The molecule has 0 aliphatic rings. The first-order valence-corrected chi connectivity index (χ1v) is 8.28. The van der Waals surface area contributed by atoms with Crippen LogP contribution in [0.15, 0.2) is 42.5 Å². The fourth-order valence-electron chi connectivity index (χ4n) is 2.04. The molecule has 0 aliphatic heterocycles. The summed E-state index contributed by atoms with van der Waals surface area (Å²) in [7, 11) is 0. The van der Waals surface area contributed by atoms with Crippen molar-refractivity contribution in [1.82, 2.24) is 5.32 Å². The highest BCUT2D eigenvalue weighted by atomic mass is 35.5. The quantitative estimate of drug-likeness (QED) is 0.736. The number of carbonyl (C=O) groups excluding carboxylic acids is 1. The van der Waals surface area contributed by atoms with E-state index in [2.05, 4.69) is 5.32 Å². The number of benzene rings is 2. The zero-order valence-electron chi connectivity index (χ0n) is 13.9. The van der Waals surface area contributed by atoms with Crippen LogP contribution in [0.3, 0.4) is 0 Å². The van der Waals surface area contributed by atoms with Crippen molar-refractivity contribution in [1.29, 1.82) is 5.26 Å².